The Morgan fingerprint density at radius 3 is 2.38 bits per heavy atom. The number of ether oxygens (including phenoxy) is 1. The fraction of sp³-hybridized carbons (Fsp3) is 0.235. The average molecular weight is 284 g/mol. The summed E-state index contributed by atoms with van der Waals surface area (Å²) in [7, 11) is 1.69. The number of methoxy groups -OCH3 is 1. The third kappa shape index (κ3) is 4.70. The van der Waals surface area contributed by atoms with Gasteiger partial charge in [0.05, 0.1) is 6.61 Å². The first kappa shape index (κ1) is 15.2. The van der Waals surface area contributed by atoms with Gasteiger partial charge < -0.3 is 15.8 Å². The molecule has 0 unspecified atom stereocenters. The molecule has 0 atom stereocenters. The summed E-state index contributed by atoms with van der Waals surface area (Å²) in [5.74, 6) is -0.398. The first-order chi connectivity index (χ1) is 10.2. The zero-order valence-electron chi connectivity index (χ0n) is 12.1. The van der Waals surface area contributed by atoms with Crippen LogP contribution in [-0.4, -0.2) is 13.0 Å². The topological polar surface area (TPSA) is 64.3 Å². The number of nitrogens with two attached hydrogens (primary N) is 1. The lowest BCUT2D eigenvalue weighted by atomic mass is 10.1. The maximum Gasteiger partial charge on any atom is 0.248 e. The van der Waals surface area contributed by atoms with E-state index in [0.717, 1.165) is 17.7 Å². The smallest absolute Gasteiger partial charge is 0.248 e. The standard InChI is InChI=1S/C17H20N2O2/c1-21-12-14-7-5-13(6-8-14)10-19-11-15-3-2-4-16(9-15)17(18)20/h2-9,19H,10-12H2,1H3,(H2,18,20). The van der Waals surface area contributed by atoms with Crippen molar-refractivity contribution in [1.82, 2.24) is 5.32 Å². The van der Waals surface area contributed by atoms with Gasteiger partial charge in [-0.05, 0) is 28.8 Å². The summed E-state index contributed by atoms with van der Waals surface area (Å²) in [6.07, 6.45) is 0. The molecule has 0 heterocycles. The van der Waals surface area contributed by atoms with Gasteiger partial charge >= 0.3 is 0 Å². The molecule has 2 rings (SSSR count). The molecule has 0 radical (unpaired) electrons. The number of hydrogen-bond donors (Lipinski definition) is 2. The van der Waals surface area contributed by atoms with Gasteiger partial charge in [0.15, 0.2) is 0 Å². The van der Waals surface area contributed by atoms with E-state index >= 15 is 0 Å². The quantitative estimate of drug-likeness (QED) is 0.819. The molecule has 0 aliphatic rings. The second kappa shape index (κ2) is 7.57. The first-order valence-corrected chi connectivity index (χ1v) is 6.85. The van der Waals surface area contributed by atoms with Gasteiger partial charge in [-0.15, -0.1) is 0 Å². The summed E-state index contributed by atoms with van der Waals surface area (Å²) in [4.78, 5) is 11.1. The summed E-state index contributed by atoms with van der Waals surface area (Å²) in [5.41, 5.74) is 9.23. The molecule has 0 saturated carbocycles. The Morgan fingerprint density at radius 2 is 1.71 bits per heavy atom. The van der Waals surface area contributed by atoms with Crippen LogP contribution in [0.5, 0.6) is 0 Å². The van der Waals surface area contributed by atoms with Gasteiger partial charge in [-0.1, -0.05) is 36.4 Å². The van der Waals surface area contributed by atoms with Gasteiger partial charge in [-0.3, -0.25) is 4.79 Å². The minimum Gasteiger partial charge on any atom is -0.380 e. The number of carbonyl (C=O) groups excluding carboxylic acids is 1. The highest BCUT2D eigenvalue weighted by molar-refractivity contribution is 5.92. The van der Waals surface area contributed by atoms with Crippen molar-refractivity contribution in [3.63, 3.8) is 0 Å². The van der Waals surface area contributed by atoms with Crippen molar-refractivity contribution in [2.75, 3.05) is 7.11 Å². The van der Waals surface area contributed by atoms with Gasteiger partial charge in [0.25, 0.3) is 0 Å². The van der Waals surface area contributed by atoms with Crippen molar-refractivity contribution < 1.29 is 9.53 Å². The second-order valence-corrected chi connectivity index (χ2v) is 4.92. The molecule has 110 valence electrons. The molecule has 0 aliphatic carbocycles. The number of benzene rings is 2. The molecule has 21 heavy (non-hydrogen) atoms. The zero-order valence-corrected chi connectivity index (χ0v) is 12.1. The Bertz CT molecular complexity index is 594. The van der Waals surface area contributed by atoms with Crippen molar-refractivity contribution >= 4 is 5.91 Å². The lowest BCUT2D eigenvalue weighted by Crippen LogP contribution is -2.15. The summed E-state index contributed by atoms with van der Waals surface area (Å²) < 4.78 is 5.08. The SMILES string of the molecule is COCc1ccc(CNCc2cccc(C(N)=O)c2)cc1. The van der Waals surface area contributed by atoms with E-state index in [-0.39, 0.29) is 0 Å². The highest BCUT2D eigenvalue weighted by Gasteiger charge is 2.01. The molecule has 3 N–H and O–H groups in total. The molecular formula is C17H20N2O2. The molecule has 0 spiro atoms. The lowest BCUT2D eigenvalue weighted by Gasteiger charge is -2.07. The third-order valence-electron chi connectivity index (χ3n) is 3.20. The predicted molar refractivity (Wildman–Crippen MR) is 82.7 cm³/mol. The number of amides is 1. The van der Waals surface area contributed by atoms with E-state index in [1.54, 1.807) is 13.2 Å². The molecule has 0 saturated heterocycles. The summed E-state index contributed by atoms with van der Waals surface area (Å²) in [6.45, 7) is 2.10. The Labute approximate surface area is 124 Å². The predicted octanol–water partition coefficient (Wildman–Crippen LogP) is 2.22. The van der Waals surface area contributed by atoms with E-state index in [9.17, 15) is 4.79 Å². The first-order valence-electron chi connectivity index (χ1n) is 6.85. The van der Waals surface area contributed by atoms with Gasteiger partial charge in [0.2, 0.25) is 5.91 Å². The van der Waals surface area contributed by atoms with Crippen LogP contribution in [0.15, 0.2) is 48.5 Å². The zero-order chi connectivity index (χ0) is 15.1. The number of nitrogens with one attached hydrogen (secondary N) is 1. The number of carbonyl (C=O) groups is 1. The van der Waals surface area contributed by atoms with E-state index in [0.29, 0.717) is 18.7 Å². The van der Waals surface area contributed by atoms with Crippen molar-refractivity contribution in [3.05, 3.63) is 70.8 Å². The van der Waals surface area contributed by atoms with Gasteiger partial charge in [-0.2, -0.15) is 0 Å². The molecule has 0 bridgehead atoms. The van der Waals surface area contributed by atoms with E-state index in [4.69, 9.17) is 10.5 Å². The van der Waals surface area contributed by atoms with E-state index < -0.39 is 5.91 Å². The molecule has 1 amide bonds. The summed E-state index contributed by atoms with van der Waals surface area (Å²) in [5, 5.41) is 3.35. The van der Waals surface area contributed by atoms with Crippen molar-refractivity contribution in [1.29, 1.82) is 0 Å². The van der Waals surface area contributed by atoms with E-state index in [1.165, 1.54) is 5.56 Å². The number of primary amides is 1. The third-order valence-corrected chi connectivity index (χ3v) is 3.20. The minimum atomic E-state index is -0.398. The highest BCUT2D eigenvalue weighted by Crippen LogP contribution is 2.07. The van der Waals surface area contributed by atoms with Gasteiger partial charge in [-0.25, -0.2) is 0 Å². The molecule has 4 nitrogen and oxygen atoms in total. The van der Waals surface area contributed by atoms with Crippen LogP contribution in [0.4, 0.5) is 0 Å². The van der Waals surface area contributed by atoms with Crippen LogP contribution in [0, 0.1) is 0 Å². The lowest BCUT2D eigenvalue weighted by molar-refractivity contribution is 0.1000. The molecule has 0 aromatic heterocycles. The molecule has 0 aliphatic heterocycles. The molecule has 2 aromatic carbocycles. The summed E-state index contributed by atoms with van der Waals surface area (Å²) in [6, 6.07) is 15.7. The minimum absolute atomic E-state index is 0.398. The Kier molecular flexibility index (Phi) is 5.49. The number of hydrogen-bond acceptors (Lipinski definition) is 3. The highest BCUT2D eigenvalue weighted by atomic mass is 16.5. The average Bonchev–Trinajstić information content (AvgIpc) is 2.50. The van der Waals surface area contributed by atoms with Crippen LogP contribution in [0.1, 0.15) is 27.0 Å². The molecular weight excluding hydrogens is 264 g/mol. The van der Waals surface area contributed by atoms with Crippen LogP contribution < -0.4 is 11.1 Å². The van der Waals surface area contributed by atoms with Crippen LogP contribution in [0.25, 0.3) is 0 Å². The van der Waals surface area contributed by atoms with E-state index in [2.05, 4.69) is 29.6 Å². The van der Waals surface area contributed by atoms with Crippen LogP contribution in [0.2, 0.25) is 0 Å². The summed E-state index contributed by atoms with van der Waals surface area (Å²) >= 11 is 0. The Morgan fingerprint density at radius 1 is 1.05 bits per heavy atom. The van der Waals surface area contributed by atoms with Gasteiger partial charge in [0.1, 0.15) is 0 Å². The van der Waals surface area contributed by atoms with Crippen LogP contribution in [0.3, 0.4) is 0 Å². The normalized spacial score (nSPS) is 10.5. The largest absolute Gasteiger partial charge is 0.380 e. The number of rotatable bonds is 7. The maximum atomic E-state index is 11.1. The van der Waals surface area contributed by atoms with Gasteiger partial charge in [0, 0.05) is 25.8 Å². The molecule has 2 aromatic rings. The monoisotopic (exact) mass is 284 g/mol. The van der Waals surface area contributed by atoms with E-state index in [1.807, 2.05) is 18.2 Å². The van der Waals surface area contributed by atoms with Crippen molar-refractivity contribution in [2.24, 2.45) is 5.73 Å². The second-order valence-electron chi connectivity index (χ2n) is 4.92. The Balaban J connectivity index is 1.86. The van der Waals surface area contributed by atoms with Crippen LogP contribution in [-0.2, 0) is 24.4 Å². The fourth-order valence-electron chi connectivity index (χ4n) is 2.11. The van der Waals surface area contributed by atoms with Crippen molar-refractivity contribution in [3.8, 4) is 0 Å². The Hall–Kier alpha value is -2.17. The van der Waals surface area contributed by atoms with Crippen molar-refractivity contribution in [2.45, 2.75) is 19.7 Å². The molecule has 4 heteroatoms. The van der Waals surface area contributed by atoms with Crippen LogP contribution >= 0.6 is 0 Å². The fourth-order valence-corrected chi connectivity index (χ4v) is 2.11. The molecule has 0 fully saturated rings. The maximum absolute atomic E-state index is 11.1.